The lowest BCUT2D eigenvalue weighted by molar-refractivity contribution is -0.237. The lowest BCUT2D eigenvalue weighted by atomic mass is 9.84. The van der Waals surface area contributed by atoms with Crippen molar-refractivity contribution in [3.05, 3.63) is 23.3 Å². The average molecular weight is 388 g/mol. The molecule has 0 saturated heterocycles. The fourth-order valence-corrected chi connectivity index (χ4v) is 3.12. The van der Waals surface area contributed by atoms with E-state index < -0.39 is 11.7 Å². The number of rotatable bonds is 10. The molecule has 1 atom stereocenters. The number of methoxy groups -OCH3 is 3. The van der Waals surface area contributed by atoms with Crippen LogP contribution in [0.1, 0.15) is 33.3 Å². The van der Waals surface area contributed by atoms with Gasteiger partial charge in [-0.15, -0.1) is 0 Å². The minimum atomic E-state index is -1.03. The topological polar surface area (TPSA) is 93.7 Å². The Morgan fingerprint density at radius 1 is 0.964 bits per heavy atom. The summed E-state index contributed by atoms with van der Waals surface area (Å²) >= 11 is 0. The van der Waals surface area contributed by atoms with Crippen LogP contribution in [0.15, 0.2) is 17.7 Å². The number of ether oxygens (including phenoxy) is 5. The highest BCUT2D eigenvalue weighted by molar-refractivity contribution is 5.79. The molecule has 1 rings (SSSR count). The summed E-state index contributed by atoms with van der Waals surface area (Å²) in [7, 11) is 4.53. The molecule has 1 unspecified atom stereocenters. The molecule has 1 aromatic rings. The van der Waals surface area contributed by atoms with Crippen molar-refractivity contribution < 1.29 is 23.7 Å². The molecule has 0 bridgehead atoms. The van der Waals surface area contributed by atoms with Crippen molar-refractivity contribution in [3.8, 4) is 29.4 Å². The second kappa shape index (κ2) is 10.6. The fraction of sp³-hybridized carbons (Fsp3) is 0.524. The molecule has 0 radical (unpaired) electrons. The Bertz CT molecular complexity index is 742. The zero-order chi connectivity index (χ0) is 21.3. The van der Waals surface area contributed by atoms with E-state index in [-0.39, 0.29) is 5.57 Å². The maximum Gasteiger partial charge on any atom is 0.203 e. The Kier molecular flexibility index (Phi) is 8.78. The number of nitriles is 2. The number of hydrogen-bond donors (Lipinski definition) is 0. The predicted molar refractivity (Wildman–Crippen MR) is 105 cm³/mol. The SMILES string of the molecule is CCOC(C)(OCC)C(C)C(=C(C#N)C#N)c1cc(OC)c(OC)c(OC)c1. The maximum absolute atomic E-state index is 9.59. The Balaban J connectivity index is 3.78. The molecular formula is C21H28N2O5. The summed E-state index contributed by atoms with van der Waals surface area (Å²) in [5, 5.41) is 19.2. The van der Waals surface area contributed by atoms with Crippen LogP contribution in [0.5, 0.6) is 17.2 Å². The van der Waals surface area contributed by atoms with E-state index in [1.165, 1.54) is 21.3 Å². The van der Waals surface area contributed by atoms with Gasteiger partial charge in [-0.3, -0.25) is 0 Å². The van der Waals surface area contributed by atoms with Gasteiger partial charge in [0.15, 0.2) is 17.3 Å². The molecule has 152 valence electrons. The zero-order valence-electron chi connectivity index (χ0n) is 17.6. The minimum absolute atomic E-state index is 0.0348. The Morgan fingerprint density at radius 3 is 1.75 bits per heavy atom. The van der Waals surface area contributed by atoms with Crippen molar-refractivity contribution in [2.24, 2.45) is 5.92 Å². The summed E-state index contributed by atoms with van der Waals surface area (Å²) in [6.07, 6.45) is 0. The van der Waals surface area contributed by atoms with Gasteiger partial charge < -0.3 is 23.7 Å². The molecule has 0 aliphatic heterocycles. The predicted octanol–water partition coefficient (Wildman–Crippen LogP) is 3.94. The highest BCUT2D eigenvalue weighted by Crippen LogP contribution is 2.44. The molecule has 1 aromatic carbocycles. The van der Waals surface area contributed by atoms with E-state index in [4.69, 9.17) is 23.7 Å². The quantitative estimate of drug-likeness (QED) is 0.442. The monoisotopic (exact) mass is 388 g/mol. The molecular weight excluding hydrogens is 360 g/mol. The second-order valence-electron chi connectivity index (χ2n) is 6.03. The lowest BCUT2D eigenvalue weighted by Crippen LogP contribution is -2.40. The van der Waals surface area contributed by atoms with Gasteiger partial charge in [0.25, 0.3) is 0 Å². The van der Waals surface area contributed by atoms with Crippen LogP contribution in [0.2, 0.25) is 0 Å². The number of allylic oxidation sites excluding steroid dienone is 1. The van der Waals surface area contributed by atoms with Gasteiger partial charge in [-0.25, -0.2) is 0 Å². The lowest BCUT2D eigenvalue weighted by Gasteiger charge is -2.36. The van der Waals surface area contributed by atoms with Crippen LogP contribution >= 0.6 is 0 Å². The smallest absolute Gasteiger partial charge is 0.203 e. The average Bonchev–Trinajstić information content (AvgIpc) is 2.70. The Labute approximate surface area is 167 Å². The van der Waals surface area contributed by atoms with Crippen LogP contribution in [0.3, 0.4) is 0 Å². The minimum Gasteiger partial charge on any atom is -0.493 e. The van der Waals surface area contributed by atoms with Crippen LogP contribution in [-0.4, -0.2) is 40.3 Å². The molecule has 0 N–H and O–H groups in total. The number of nitrogens with zero attached hydrogens (tertiary/aromatic N) is 2. The molecule has 0 amide bonds. The summed E-state index contributed by atoms with van der Waals surface area (Å²) in [4.78, 5) is 0. The van der Waals surface area contributed by atoms with Crippen molar-refractivity contribution in [2.75, 3.05) is 34.5 Å². The standard InChI is InChI=1S/C21H28N2O5/c1-8-27-21(4,28-9-2)14(3)19(16(12-22)13-23)15-10-17(24-5)20(26-7)18(11-15)25-6/h10-11,14H,8-9H2,1-7H3. The third kappa shape index (κ3) is 4.75. The number of benzene rings is 1. The van der Waals surface area contributed by atoms with Gasteiger partial charge in [-0.2, -0.15) is 10.5 Å². The Morgan fingerprint density at radius 2 is 1.43 bits per heavy atom. The maximum atomic E-state index is 9.59. The van der Waals surface area contributed by atoms with E-state index in [2.05, 4.69) is 0 Å². The van der Waals surface area contributed by atoms with Crippen molar-refractivity contribution in [1.82, 2.24) is 0 Å². The van der Waals surface area contributed by atoms with Crippen LogP contribution < -0.4 is 14.2 Å². The van der Waals surface area contributed by atoms with Crippen molar-refractivity contribution in [2.45, 2.75) is 33.5 Å². The van der Waals surface area contributed by atoms with Gasteiger partial charge in [0.05, 0.1) is 21.3 Å². The highest BCUT2D eigenvalue weighted by atomic mass is 16.7. The molecule has 0 heterocycles. The van der Waals surface area contributed by atoms with Crippen molar-refractivity contribution in [3.63, 3.8) is 0 Å². The van der Waals surface area contributed by atoms with E-state index in [9.17, 15) is 10.5 Å². The van der Waals surface area contributed by atoms with Crippen LogP contribution in [0.4, 0.5) is 0 Å². The van der Waals surface area contributed by atoms with Crippen LogP contribution in [0, 0.1) is 28.6 Å². The van der Waals surface area contributed by atoms with E-state index >= 15 is 0 Å². The van der Waals surface area contributed by atoms with Gasteiger partial charge in [0.1, 0.15) is 17.7 Å². The van der Waals surface area contributed by atoms with Gasteiger partial charge in [-0.1, -0.05) is 6.92 Å². The van der Waals surface area contributed by atoms with Gasteiger partial charge >= 0.3 is 0 Å². The first-order valence-electron chi connectivity index (χ1n) is 8.99. The van der Waals surface area contributed by atoms with Crippen molar-refractivity contribution in [1.29, 1.82) is 10.5 Å². The normalized spacial score (nSPS) is 11.8. The largest absolute Gasteiger partial charge is 0.493 e. The third-order valence-electron chi connectivity index (χ3n) is 4.55. The molecule has 0 aliphatic rings. The first-order valence-corrected chi connectivity index (χ1v) is 8.99. The van der Waals surface area contributed by atoms with E-state index in [1.54, 1.807) is 19.1 Å². The summed E-state index contributed by atoms with van der Waals surface area (Å²) in [6.45, 7) is 8.22. The molecule has 0 saturated carbocycles. The van der Waals surface area contributed by atoms with E-state index in [1.807, 2.05) is 32.9 Å². The molecule has 0 aliphatic carbocycles. The van der Waals surface area contributed by atoms with E-state index in [0.29, 0.717) is 41.6 Å². The third-order valence-corrected chi connectivity index (χ3v) is 4.55. The summed E-state index contributed by atoms with van der Waals surface area (Å²) in [5.74, 6) is -0.200. The molecule has 7 nitrogen and oxygen atoms in total. The van der Waals surface area contributed by atoms with Crippen molar-refractivity contribution >= 4 is 5.57 Å². The number of hydrogen-bond acceptors (Lipinski definition) is 7. The van der Waals surface area contributed by atoms with Crippen LogP contribution in [0.25, 0.3) is 5.57 Å². The molecule has 0 fully saturated rings. The highest BCUT2D eigenvalue weighted by Gasteiger charge is 2.37. The van der Waals surface area contributed by atoms with Gasteiger partial charge in [-0.05, 0) is 44.0 Å². The summed E-state index contributed by atoms with van der Waals surface area (Å²) in [5.41, 5.74) is 1.03. The van der Waals surface area contributed by atoms with E-state index in [0.717, 1.165) is 0 Å². The summed E-state index contributed by atoms with van der Waals surface area (Å²) < 4.78 is 27.9. The first kappa shape index (κ1) is 23.3. The summed E-state index contributed by atoms with van der Waals surface area (Å²) in [6, 6.07) is 7.39. The van der Waals surface area contributed by atoms with Gasteiger partial charge in [0.2, 0.25) is 5.75 Å². The fourth-order valence-electron chi connectivity index (χ4n) is 3.12. The first-order chi connectivity index (χ1) is 13.4. The Hall–Kier alpha value is -2.74. The molecule has 0 spiro atoms. The molecule has 28 heavy (non-hydrogen) atoms. The molecule has 0 aromatic heterocycles. The molecule has 7 heteroatoms. The second-order valence-corrected chi connectivity index (χ2v) is 6.03. The van der Waals surface area contributed by atoms with Gasteiger partial charge in [0, 0.05) is 19.1 Å². The van der Waals surface area contributed by atoms with Crippen LogP contribution in [-0.2, 0) is 9.47 Å². The zero-order valence-corrected chi connectivity index (χ0v) is 17.6.